The Kier molecular flexibility index (Phi) is 6.47. The number of esters is 1. The average Bonchev–Trinajstić information content (AvgIpc) is 3.14. The number of nitro benzene ring substituents is 1. The van der Waals surface area contributed by atoms with Gasteiger partial charge in [0.15, 0.2) is 6.10 Å². The maximum absolute atomic E-state index is 13.2. The van der Waals surface area contributed by atoms with Gasteiger partial charge in [0.05, 0.1) is 16.2 Å². The molecule has 0 radical (unpaired) electrons. The van der Waals surface area contributed by atoms with E-state index in [2.05, 4.69) is 4.98 Å². The van der Waals surface area contributed by atoms with Gasteiger partial charge in [-0.05, 0) is 31.0 Å². The average molecular weight is 449 g/mol. The van der Waals surface area contributed by atoms with Crippen molar-refractivity contribution in [2.75, 3.05) is 5.32 Å². The van der Waals surface area contributed by atoms with Gasteiger partial charge in [-0.2, -0.15) is 13.2 Å². The van der Waals surface area contributed by atoms with Crippen LogP contribution in [0.15, 0.2) is 48.7 Å². The molecule has 0 saturated heterocycles. The van der Waals surface area contributed by atoms with Crippen molar-refractivity contribution < 1.29 is 32.4 Å². The minimum absolute atomic E-state index is 0.0369. The lowest BCUT2D eigenvalue weighted by molar-refractivity contribution is -0.385. The van der Waals surface area contributed by atoms with Crippen molar-refractivity contribution in [1.82, 2.24) is 4.98 Å². The first-order valence-electron chi connectivity index (χ1n) is 9.47. The van der Waals surface area contributed by atoms with Crippen molar-refractivity contribution >= 4 is 34.2 Å². The van der Waals surface area contributed by atoms with Gasteiger partial charge in [-0.15, -0.1) is 0 Å². The number of ether oxygens (including phenoxy) is 1. The third-order valence-corrected chi connectivity index (χ3v) is 4.73. The Hall–Kier alpha value is -3.89. The fraction of sp³-hybridized carbons (Fsp3) is 0.238. The summed E-state index contributed by atoms with van der Waals surface area (Å²) in [5.41, 5.74) is -1.03. The molecule has 3 aromatic rings. The van der Waals surface area contributed by atoms with Gasteiger partial charge in [-0.3, -0.25) is 19.7 Å². The van der Waals surface area contributed by atoms with Gasteiger partial charge in [0.2, 0.25) is 0 Å². The molecule has 0 fully saturated rings. The number of aromatic nitrogens is 1. The first kappa shape index (κ1) is 22.8. The molecular formula is C21H18F3N3O5. The van der Waals surface area contributed by atoms with Crippen LogP contribution in [0.2, 0.25) is 0 Å². The molecule has 0 aliphatic carbocycles. The molecule has 2 N–H and O–H groups in total. The summed E-state index contributed by atoms with van der Waals surface area (Å²) in [4.78, 5) is 37.2. The fourth-order valence-corrected chi connectivity index (χ4v) is 3.11. The third-order valence-electron chi connectivity index (χ3n) is 4.73. The lowest BCUT2D eigenvalue weighted by Gasteiger charge is -2.17. The molecule has 11 heteroatoms. The summed E-state index contributed by atoms with van der Waals surface area (Å²) in [5, 5.41) is 13.7. The molecule has 32 heavy (non-hydrogen) atoms. The molecule has 0 spiro atoms. The Morgan fingerprint density at radius 1 is 1.22 bits per heavy atom. The zero-order valence-electron chi connectivity index (χ0n) is 16.7. The molecular weight excluding hydrogens is 431 g/mol. The van der Waals surface area contributed by atoms with Gasteiger partial charge in [-0.25, -0.2) is 0 Å². The monoisotopic (exact) mass is 449 g/mol. The summed E-state index contributed by atoms with van der Waals surface area (Å²) in [6.07, 6.45) is -4.24. The zero-order chi connectivity index (χ0) is 23.5. The Balaban J connectivity index is 1.62. The highest BCUT2D eigenvalue weighted by Crippen LogP contribution is 2.37. The number of non-ortho nitro benzene ring substituents is 1. The molecule has 1 heterocycles. The van der Waals surface area contributed by atoms with Crippen LogP contribution < -0.4 is 5.32 Å². The van der Waals surface area contributed by atoms with Crippen LogP contribution in [0.1, 0.15) is 24.5 Å². The molecule has 1 amide bonds. The van der Waals surface area contributed by atoms with E-state index >= 15 is 0 Å². The molecule has 8 nitrogen and oxygen atoms in total. The van der Waals surface area contributed by atoms with Gasteiger partial charge >= 0.3 is 12.1 Å². The number of hydrogen-bond acceptors (Lipinski definition) is 5. The van der Waals surface area contributed by atoms with Crippen molar-refractivity contribution in [2.24, 2.45) is 0 Å². The number of aryl methyl sites for hydroxylation is 1. The molecule has 3 rings (SSSR count). The van der Waals surface area contributed by atoms with Crippen molar-refractivity contribution in [3.8, 4) is 0 Å². The van der Waals surface area contributed by atoms with Crippen LogP contribution in [-0.2, 0) is 26.9 Å². The molecule has 1 atom stereocenters. The van der Waals surface area contributed by atoms with Gasteiger partial charge in [0.1, 0.15) is 0 Å². The van der Waals surface area contributed by atoms with Crippen LogP contribution in [0, 0.1) is 10.1 Å². The van der Waals surface area contributed by atoms with Crippen LogP contribution in [0.25, 0.3) is 10.9 Å². The maximum Gasteiger partial charge on any atom is 0.418 e. The number of hydrogen-bond donors (Lipinski definition) is 2. The molecule has 0 aliphatic heterocycles. The molecule has 0 bridgehead atoms. The quantitative estimate of drug-likeness (QED) is 0.311. The molecule has 168 valence electrons. The SMILES string of the molecule is C[C@@H](OC(=O)CCc1c[nH]c2ccccc12)C(=O)Nc1ccc([N+](=O)[O-])cc1C(F)(F)F. The number of H-pyrrole nitrogens is 1. The van der Waals surface area contributed by atoms with Crippen molar-refractivity contribution in [2.45, 2.75) is 32.0 Å². The topological polar surface area (TPSA) is 114 Å². The number of para-hydroxylation sites is 1. The summed E-state index contributed by atoms with van der Waals surface area (Å²) < 4.78 is 44.7. The zero-order valence-corrected chi connectivity index (χ0v) is 16.7. The number of nitro groups is 1. The highest BCUT2D eigenvalue weighted by atomic mass is 19.4. The van der Waals surface area contributed by atoms with E-state index in [1.54, 1.807) is 6.20 Å². The second kappa shape index (κ2) is 9.08. The standard InChI is InChI=1S/C21H18F3N3O5/c1-12(32-19(28)9-6-13-11-25-17-5-3-2-4-15(13)17)20(29)26-18-8-7-14(27(30)31)10-16(18)21(22,23)24/h2-5,7-8,10-12,25H,6,9H2,1H3,(H,26,29)/t12-/m1/s1. The van der Waals surface area contributed by atoms with Gasteiger partial charge < -0.3 is 15.0 Å². The largest absolute Gasteiger partial charge is 0.453 e. The number of halogens is 3. The number of nitrogens with zero attached hydrogens (tertiary/aromatic N) is 1. The summed E-state index contributed by atoms with van der Waals surface area (Å²) in [6, 6.07) is 9.45. The van der Waals surface area contributed by atoms with E-state index in [0.717, 1.165) is 28.6 Å². The summed E-state index contributed by atoms with van der Waals surface area (Å²) in [7, 11) is 0. The molecule has 0 unspecified atom stereocenters. The highest BCUT2D eigenvalue weighted by molar-refractivity contribution is 5.96. The van der Waals surface area contributed by atoms with E-state index in [1.807, 2.05) is 29.6 Å². The lowest BCUT2D eigenvalue weighted by atomic mass is 10.1. The number of carbonyl (C=O) groups is 2. The number of benzene rings is 2. The van der Waals surface area contributed by atoms with Crippen LogP contribution in [0.4, 0.5) is 24.5 Å². The number of aromatic amines is 1. The Bertz CT molecular complexity index is 1170. The second-order valence-electron chi connectivity index (χ2n) is 6.97. The van der Waals surface area contributed by atoms with Gasteiger partial charge in [0.25, 0.3) is 11.6 Å². The van der Waals surface area contributed by atoms with Crippen LogP contribution in [0.3, 0.4) is 0 Å². The molecule has 2 aromatic carbocycles. The number of carbonyl (C=O) groups excluding carboxylic acids is 2. The number of fused-ring (bicyclic) bond motifs is 1. The van der Waals surface area contributed by atoms with Crippen LogP contribution in [-0.4, -0.2) is 27.9 Å². The number of amides is 1. The summed E-state index contributed by atoms with van der Waals surface area (Å²) in [5.74, 6) is -1.69. The first-order valence-corrected chi connectivity index (χ1v) is 9.47. The van der Waals surface area contributed by atoms with E-state index < -0.39 is 46.0 Å². The van der Waals surface area contributed by atoms with E-state index in [0.29, 0.717) is 12.5 Å². The number of rotatable bonds is 7. The van der Waals surface area contributed by atoms with Crippen molar-refractivity contribution in [3.63, 3.8) is 0 Å². The van der Waals surface area contributed by atoms with E-state index in [1.165, 1.54) is 6.92 Å². The van der Waals surface area contributed by atoms with E-state index in [-0.39, 0.29) is 6.42 Å². The van der Waals surface area contributed by atoms with Gasteiger partial charge in [0, 0.05) is 35.7 Å². The van der Waals surface area contributed by atoms with Gasteiger partial charge in [-0.1, -0.05) is 18.2 Å². The maximum atomic E-state index is 13.2. The number of alkyl halides is 3. The smallest absolute Gasteiger partial charge is 0.418 e. The fourth-order valence-electron chi connectivity index (χ4n) is 3.11. The predicted octanol–water partition coefficient (Wildman–Crippen LogP) is 4.60. The molecule has 0 aliphatic rings. The van der Waals surface area contributed by atoms with Crippen molar-refractivity contribution in [3.05, 3.63) is 69.9 Å². The minimum Gasteiger partial charge on any atom is -0.453 e. The summed E-state index contributed by atoms with van der Waals surface area (Å²) in [6.45, 7) is 1.22. The van der Waals surface area contributed by atoms with E-state index in [9.17, 15) is 32.9 Å². The Morgan fingerprint density at radius 2 is 1.94 bits per heavy atom. The van der Waals surface area contributed by atoms with Crippen LogP contribution in [0.5, 0.6) is 0 Å². The second-order valence-corrected chi connectivity index (χ2v) is 6.97. The third kappa shape index (κ3) is 5.23. The normalized spacial score (nSPS) is 12.4. The highest BCUT2D eigenvalue weighted by Gasteiger charge is 2.36. The van der Waals surface area contributed by atoms with Crippen molar-refractivity contribution in [1.29, 1.82) is 0 Å². The molecule has 1 aromatic heterocycles. The number of nitrogens with one attached hydrogen (secondary N) is 2. The van der Waals surface area contributed by atoms with Crippen LogP contribution >= 0.6 is 0 Å². The predicted molar refractivity (Wildman–Crippen MR) is 109 cm³/mol. The first-order chi connectivity index (χ1) is 15.1. The molecule has 0 saturated carbocycles. The number of anilines is 1. The Labute approximate surface area is 179 Å². The minimum atomic E-state index is -4.94. The lowest BCUT2D eigenvalue weighted by Crippen LogP contribution is -2.30. The van der Waals surface area contributed by atoms with E-state index in [4.69, 9.17) is 4.74 Å². The Morgan fingerprint density at radius 3 is 2.62 bits per heavy atom. The summed E-state index contributed by atoms with van der Waals surface area (Å²) >= 11 is 0.